The monoisotopic (exact) mass is 433 g/mol. The van der Waals surface area contributed by atoms with E-state index in [0.29, 0.717) is 78.9 Å². The van der Waals surface area contributed by atoms with E-state index in [4.69, 9.17) is 34.2 Å². The molecule has 1 aromatic carbocycles. The van der Waals surface area contributed by atoms with Gasteiger partial charge in [-0.15, -0.1) is 0 Å². The predicted octanol–water partition coefficient (Wildman–Crippen LogP) is 2.71. The Kier molecular flexibility index (Phi) is 17.1. The summed E-state index contributed by atoms with van der Waals surface area (Å²) < 4.78 is 27.4. The molecule has 0 N–H and O–H groups in total. The highest BCUT2D eigenvalue weighted by atomic mass is 16.5. The van der Waals surface area contributed by atoms with Gasteiger partial charge in [-0.05, 0) is 24.6 Å². The normalized spacial score (nSPS) is 10.5. The van der Waals surface area contributed by atoms with Crippen LogP contribution >= 0.6 is 0 Å². The minimum atomic E-state index is 0.404. The van der Waals surface area contributed by atoms with Crippen molar-refractivity contribution in [1.82, 2.24) is 0 Å². The zero-order valence-corrected chi connectivity index (χ0v) is 18.6. The fraction of sp³-hybridized carbons (Fsp3) is 0.652. The Hall–Kier alpha value is -2.20. The van der Waals surface area contributed by atoms with Crippen molar-refractivity contribution in [2.24, 2.45) is 0 Å². The molecule has 0 aliphatic heterocycles. The van der Waals surface area contributed by atoms with Gasteiger partial charge in [0.2, 0.25) is 0 Å². The third kappa shape index (κ3) is 15.3. The van der Waals surface area contributed by atoms with Gasteiger partial charge in [0, 0.05) is 18.8 Å². The molecule has 0 aliphatic rings. The molecule has 8 nitrogen and oxygen atoms in total. The number of anilines is 1. The predicted molar refractivity (Wildman–Crippen MR) is 118 cm³/mol. The minimum absolute atomic E-state index is 0.404. The molecule has 0 radical (unpaired) electrons. The van der Waals surface area contributed by atoms with Crippen LogP contribution < -0.4 is 4.90 Å². The van der Waals surface area contributed by atoms with Crippen LogP contribution in [-0.2, 0) is 23.7 Å². The highest BCUT2D eigenvalue weighted by molar-refractivity contribution is 5.48. The highest BCUT2D eigenvalue weighted by Crippen LogP contribution is 2.15. The number of rotatable bonds is 20. The number of hydrogen-bond donors (Lipinski definition) is 0. The fourth-order valence-electron chi connectivity index (χ4n) is 2.64. The number of hydrogen-bond acceptors (Lipinski definition) is 8. The summed E-state index contributed by atoms with van der Waals surface area (Å²) in [4.78, 5) is 2.24. The zero-order chi connectivity index (χ0) is 22.4. The van der Waals surface area contributed by atoms with E-state index in [1.54, 1.807) is 0 Å². The van der Waals surface area contributed by atoms with Gasteiger partial charge in [-0.2, -0.15) is 10.5 Å². The summed E-state index contributed by atoms with van der Waals surface area (Å²) in [5.41, 5.74) is 2.35. The van der Waals surface area contributed by atoms with Crippen LogP contribution in [-0.4, -0.2) is 79.2 Å². The maximum atomic E-state index is 8.48. The Morgan fingerprint density at radius 2 is 1.13 bits per heavy atom. The van der Waals surface area contributed by atoms with Gasteiger partial charge in [0.25, 0.3) is 0 Å². The molecule has 172 valence electrons. The topological polar surface area (TPSA) is 97.0 Å². The number of benzene rings is 1. The standard InChI is InChI=1S/C23H35N3O5/c1-22-5-2-6-23(21-22)26(9-13-29-17-15-27-11-3-7-24)10-14-30-18-20-31-19-16-28-12-4-8-25/h2,5-6,21H,3-4,9-20H2,1H3. The summed E-state index contributed by atoms with van der Waals surface area (Å²) in [6.45, 7) is 8.70. The third-order valence-corrected chi connectivity index (χ3v) is 4.21. The lowest BCUT2D eigenvalue weighted by Crippen LogP contribution is -2.31. The minimum Gasteiger partial charge on any atom is -0.378 e. The van der Waals surface area contributed by atoms with Crippen LogP contribution in [0.5, 0.6) is 0 Å². The summed E-state index contributed by atoms with van der Waals surface area (Å²) in [7, 11) is 0. The van der Waals surface area contributed by atoms with Gasteiger partial charge >= 0.3 is 0 Å². The molecule has 0 saturated carbocycles. The van der Waals surface area contributed by atoms with Gasteiger partial charge < -0.3 is 28.6 Å². The van der Waals surface area contributed by atoms with Crippen LogP contribution in [0.4, 0.5) is 5.69 Å². The van der Waals surface area contributed by atoms with Crippen LogP contribution in [0.25, 0.3) is 0 Å². The van der Waals surface area contributed by atoms with Crippen molar-refractivity contribution in [1.29, 1.82) is 10.5 Å². The van der Waals surface area contributed by atoms with Crippen LogP contribution in [0.15, 0.2) is 24.3 Å². The molecule has 0 bridgehead atoms. The Bertz CT molecular complexity index is 645. The number of ether oxygens (including phenoxy) is 5. The molecule has 0 atom stereocenters. The van der Waals surface area contributed by atoms with Crippen molar-refractivity contribution >= 4 is 5.69 Å². The molecule has 0 spiro atoms. The van der Waals surface area contributed by atoms with E-state index in [0.717, 1.165) is 18.8 Å². The first-order chi connectivity index (χ1) is 15.3. The molecule has 1 rings (SSSR count). The summed E-state index contributed by atoms with van der Waals surface area (Å²) in [5, 5.41) is 16.9. The average Bonchev–Trinajstić information content (AvgIpc) is 2.77. The second kappa shape index (κ2) is 19.7. The van der Waals surface area contributed by atoms with Gasteiger partial charge in [-0.25, -0.2) is 0 Å². The van der Waals surface area contributed by atoms with Crippen molar-refractivity contribution in [3.8, 4) is 12.1 Å². The number of nitriles is 2. The SMILES string of the molecule is Cc1cccc(N(CCOCCOCCC#N)CCOCCOCCOCCC#N)c1. The molecule has 0 heterocycles. The van der Waals surface area contributed by atoms with Gasteiger partial charge in [-0.3, -0.25) is 0 Å². The Labute approximate surface area is 186 Å². The Balaban J connectivity index is 2.19. The molecule has 0 amide bonds. The van der Waals surface area contributed by atoms with Crippen LogP contribution in [0.1, 0.15) is 18.4 Å². The maximum Gasteiger partial charge on any atom is 0.0701 e. The Morgan fingerprint density at radius 3 is 1.58 bits per heavy atom. The van der Waals surface area contributed by atoms with Crippen molar-refractivity contribution in [3.05, 3.63) is 29.8 Å². The molecular formula is C23H35N3O5. The van der Waals surface area contributed by atoms with Crippen molar-refractivity contribution in [2.75, 3.05) is 84.1 Å². The first kappa shape index (κ1) is 26.8. The summed E-state index contributed by atoms with van der Waals surface area (Å²) in [6.07, 6.45) is 0.810. The second-order valence-corrected chi connectivity index (χ2v) is 6.70. The average molecular weight is 434 g/mol. The largest absolute Gasteiger partial charge is 0.378 e. The van der Waals surface area contributed by atoms with Gasteiger partial charge in [-0.1, -0.05) is 12.1 Å². The molecule has 8 heteroatoms. The van der Waals surface area contributed by atoms with Crippen molar-refractivity contribution in [2.45, 2.75) is 19.8 Å². The molecule has 1 aromatic rings. The Morgan fingerprint density at radius 1 is 0.677 bits per heavy atom. The first-order valence-corrected chi connectivity index (χ1v) is 10.7. The molecule has 31 heavy (non-hydrogen) atoms. The van der Waals surface area contributed by atoms with E-state index in [1.165, 1.54) is 5.56 Å². The van der Waals surface area contributed by atoms with Crippen molar-refractivity contribution < 1.29 is 23.7 Å². The molecule has 0 saturated heterocycles. The molecule has 0 aliphatic carbocycles. The summed E-state index contributed by atoms with van der Waals surface area (Å²) >= 11 is 0. The number of aryl methyl sites for hydroxylation is 1. The van der Waals surface area contributed by atoms with Gasteiger partial charge in [0.05, 0.1) is 91.0 Å². The lowest BCUT2D eigenvalue weighted by Gasteiger charge is -2.25. The van der Waals surface area contributed by atoms with E-state index in [-0.39, 0.29) is 0 Å². The molecule has 0 unspecified atom stereocenters. The van der Waals surface area contributed by atoms with E-state index in [1.807, 2.05) is 12.1 Å². The summed E-state index contributed by atoms with van der Waals surface area (Å²) in [5.74, 6) is 0. The quantitative estimate of drug-likeness (QED) is 0.290. The van der Waals surface area contributed by atoms with Gasteiger partial charge in [0.15, 0.2) is 0 Å². The molecule has 0 aromatic heterocycles. The van der Waals surface area contributed by atoms with E-state index < -0.39 is 0 Å². The first-order valence-electron chi connectivity index (χ1n) is 10.7. The van der Waals surface area contributed by atoms with Crippen LogP contribution in [0.2, 0.25) is 0 Å². The lowest BCUT2D eigenvalue weighted by atomic mass is 10.2. The van der Waals surface area contributed by atoms with Gasteiger partial charge in [0.1, 0.15) is 0 Å². The highest BCUT2D eigenvalue weighted by Gasteiger charge is 2.07. The molecule has 0 fully saturated rings. The molecular weight excluding hydrogens is 398 g/mol. The smallest absolute Gasteiger partial charge is 0.0701 e. The zero-order valence-electron chi connectivity index (χ0n) is 18.6. The third-order valence-electron chi connectivity index (χ3n) is 4.21. The van der Waals surface area contributed by atoms with E-state index in [9.17, 15) is 0 Å². The van der Waals surface area contributed by atoms with Crippen LogP contribution in [0, 0.1) is 29.6 Å². The lowest BCUT2D eigenvalue weighted by molar-refractivity contribution is 0.0165. The maximum absolute atomic E-state index is 8.48. The van der Waals surface area contributed by atoms with E-state index in [2.05, 4.69) is 36.1 Å². The number of nitrogens with zero attached hydrogens (tertiary/aromatic N) is 3. The van der Waals surface area contributed by atoms with E-state index >= 15 is 0 Å². The fourth-order valence-corrected chi connectivity index (χ4v) is 2.64. The van der Waals surface area contributed by atoms with Crippen LogP contribution in [0.3, 0.4) is 0 Å². The van der Waals surface area contributed by atoms with Crippen molar-refractivity contribution in [3.63, 3.8) is 0 Å². The second-order valence-electron chi connectivity index (χ2n) is 6.70. The summed E-state index contributed by atoms with van der Waals surface area (Å²) in [6, 6.07) is 12.5.